The molecule has 0 bridgehead atoms. The van der Waals surface area contributed by atoms with Crippen LogP contribution in [0.25, 0.3) is 0 Å². The van der Waals surface area contributed by atoms with Gasteiger partial charge in [0.1, 0.15) is 5.75 Å². The minimum atomic E-state index is -0.360. The van der Waals surface area contributed by atoms with Crippen molar-refractivity contribution in [3.05, 3.63) is 29.3 Å². The molecule has 17 heavy (non-hydrogen) atoms. The maximum atomic E-state index is 11.2. The first kappa shape index (κ1) is 11.8. The molecular formula is C13H17NO3. The lowest BCUT2D eigenvalue weighted by molar-refractivity contribution is 0.165. The van der Waals surface area contributed by atoms with Crippen LogP contribution in [0.5, 0.6) is 5.75 Å². The van der Waals surface area contributed by atoms with Gasteiger partial charge in [-0.2, -0.15) is 0 Å². The molecule has 4 nitrogen and oxygen atoms in total. The quantitative estimate of drug-likeness (QED) is 0.851. The molecule has 1 aromatic rings. The first-order chi connectivity index (χ1) is 8.22. The number of ether oxygens (including phenoxy) is 2. The molecule has 4 heteroatoms. The van der Waals surface area contributed by atoms with Crippen LogP contribution in [0.1, 0.15) is 17.5 Å². The van der Waals surface area contributed by atoms with Crippen molar-refractivity contribution in [2.45, 2.75) is 25.3 Å². The zero-order valence-corrected chi connectivity index (χ0v) is 10.2. The van der Waals surface area contributed by atoms with Gasteiger partial charge >= 0.3 is 6.09 Å². The maximum absolute atomic E-state index is 11.2. The third-order valence-corrected chi connectivity index (χ3v) is 3.15. The molecule has 0 saturated carbocycles. The van der Waals surface area contributed by atoms with E-state index in [-0.39, 0.29) is 12.1 Å². The zero-order valence-electron chi connectivity index (χ0n) is 10.2. The van der Waals surface area contributed by atoms with Crippen molar-refractivity contribution in [1.82, 2.24) is 5.32 Å². The van der Waals surface area contributed by atoms with E-state index in [0.29, 0.717) is 0 Å². The molecule has 1 amide bonds. The van der Waals surface area contributed by atoms with Gasteiger partial charge in [0, 0.05) is 6.04 Å². The van der Waals surface area contributed by atoms with Crippen LogP contribution < -0.4 is 10.1 Å². The van der Waals surface area contributed by atoms with E-state index in [1.807, 2.05) is 12.1 Å². The first-order valence-corrected chi connectivity index (χ1v) is 5.73. The van der Waals surface area contributed by atoms with Crippen LogP contribution in [-0.2, 0) is 17.6 Å². The zero-order chi connectivity index (χ0) is 12.3. The number of rotatable bonds is 2. The molecule has 0 aromatic heterocycles. The van der Waals surface area contributed by atoms with Crippen LogP contribution in [0.4, 0.5) is 4.79 Å². The minimum absolute atomic E-state index is 0.155. The molecule has 1 N–H and O–H groups in total. The average Bonchev–Trinajstić information content (AvgIpc) is 2.37. The van der Waals surface area contributed by atoms with Crippen molar-refractivity contribution >= 4 is 6.09 Å². The van der Waals surface area contributed by atoms with Gasteiger partial charge < -0.3 is 14.8 Å². The van der Waals surface area contributed by atoms with Gasteiger partial charge in [0.25, 0.3) is 0 Å². The van der Waals surface area contributed by atoms with Gasteiger partial charge in [0.15, 0.2) is 0 Å². The molecule has 0 spiro atoms. The predicted molar refractivity (Wildman–Crippen MR) is 64.3 cm³/mol. The smallest absolute Gasteiger partial charge is 0.407 e. The Morgan fingerprint density at radius 1 is 1.35 bits per heavy atom. The van der Waals surface area contributed by atoms with Gasteiger partial charge in [0.2, 0.25) is 0 Å². The minimum Gasteiger partial charge on any atom is -0.497 e. The number of carbonyl (C=O) groups is 1. The van der Waals surface area contributed by atoms with E-state index in [4.69, 9.17) is 4.74 Å². The molecule has 1 atom stereocenters. The van der Waals surface area contributed by atoms with E-state index in [1.165, 1.54) is 18.2 Å². The predicted octanol–water partition coefficient (Wildman–Crippen LogP) is 1.91. The Kier molecular flexibility index (Phi) is 3.52. The average molecular weight is 235 g/mol. The molecule has 92 valence electrons. The highest BCUT2D eigenvalue weighted by Crippen LogP contribution is 2.25. The fourth-order valence-corrected chi connectivity index (χ4v) is 2.21. The normalized spacial score (nSPS) is 18.1. The highest BCUT2D eigenvalue weighted by atomic mass is 16.5. The Labute approximate surface area is 101 Å². The second-order valence-corrected chi connectivity index (χ2v) is 4.21. The highest BCUT2D eigenvalue weighted by molar-refractivity contribution is 5.67. The Morgan fingerprint density at radius 3 is 2.88 bits per heavy atom. The summed E-state index contributed by atoms with van der Waals surface area (Å²) in [5, 5.41) is 2.84. The molecule has 0 heterocycles. The lowest BCUT2D eigenvalue weighted by atomic mass is 9.88. The fourth-order valence-electron chi connectivity index (χ4n) is 2.21. The van der Waals surface area contributed by atoms with Crippen molar-refractivity contribution in [1.29, 1.82) is 0 Å². The number of amides is 1. The van der Waals surface area contributed by atoms with E-state index in [2.05, 4.69) is 16.1 Å². The highest BCUT2D eigenvalue weighted by Gasteiger charge is 2.20. The Morgan fingerprint density at radius 2 is 2.18 bits per heavy atom. The molecular weight excluding hydrogens is 218 g/mol. The second kappa shape index (κ2) is 5.08. The molecule has 1 aliphatic rings. The second-order valence-electron chi connectivity index (χ2n) is 4.21. The van der Waals surface area contributed by atoms with Gasteiger partial charge in [0.05, 0.1) is 14.2 Å². The number of alkyl carbamates (subject to hydrolysis) is 1. The summed E-state index contributed by atoms with van der Waals surface area (Å²) < 4.78 is 9.82. The van der Waals surface area contributed by atoms with Crippen LogP contribution in [-0.4, -0.2) is 26.4 Å². The summed E-state index contributed by atoms with van der Waals surface area (Å²) in [6.07, 6.45) is 2.41. The lowest BCUT2D eigenvalue weighted by Gasteiger charge is -2.25. The number of hydrogen-bond donors (Lipinski definition) is 1. The van der Waals surface area contributed by atoms with E-state index in [1.54, 1.807) is 7.11 Å². The standard InChI is InChI=1S/C13H17NO3/c1-16-12-6-4-9-3-5-11(7-10(9)8-12)14-13(15)17-2/h4,6,8,11H,3,5,7H2,1-2H3,(H,14,15). The van der Waals surface area contributed by atoms with E-state index in [0.717, 1.165) is 25.0 Å². The SMILES string of the molecule is COC(=O)NC1CCc2ccc(OC)cc2C1. The number of aryl methyl sites for hydroxylation is 1. The molecule has 0 saturated heterocycles. The molecule has 2 rings (SSSR count). The summed E-state index contributed by atoms with van der Waals surface area (Å²) in [7, 11) is 3.05. The third kappa shape index (κ3) is 2.70. The van der Waals surface area contributed by atoms with Crippen molar-refractivity contribution < 1.29 is 14.3 Å². The summed E-state index contributed by atoms with van der Waals surface area (Å²) in [5.41, 5.74) is 2.59. The van der Waals surface area contributed by atoms with Crippen LogP contribution in [0.2, 0.25) is 0 Å². The van der Waals surface area contributed by atoms with Gasteiger partial charge in [-0.1, -0.05) is 6.07 Å². The number of methoxy groups -OCH3 is 2. The van der Waals surface area contributed by atoms with Crippen LogP contribution in [0.15, 0.2) is 18.2 Å². The van der Waals surface area contributed by atoms with E-state index >= 15 is 0 Å². The van der Waals surface area contributed by atoms with Gasteiger partial charge in [-0.15, -0.1) is 0 Å². The molecule has 1 unspecified atom stereocenters. The molecule has 0 fully saturated rings. The summed E-state index contributed by atoms with van der Waals surface area (Å²) in [5.74, 6) is 0.863. The Bertz CT molecular complexity index is 417. The van der Waals surface area contributed by atoms with Gasteiger partial charge in [-0.25, -0.2) is 4.79 Å². The monoisotopic (exact) mass is 235 g/mol. The summed E-state index contributed by atoms with van der Waals surface area (Å²) in [6.45, 7) is 0. The van der Waals surface area contributed by atoms with E-state index in [9.17, 15) is 4.79 Å². The summed E-state index contributed by atoms with van der Waals surface area (Å²) >= 11 is 0. The van der Waals surface area contributed by atoms with Gasteiger partial charge in [-0.3, -0.25) is 0 Å². The topological polar surface area (TPSA) is 47.6 Å². The molecule has 1 aliphatic carbocycles. The van der Waals surface area contributed by atoms with Gasteiger partial charge in [-0.05, 0) is 42.5 Å². The first-order valence-electron chi connectivity index (χ1n) is 5.73. The largest absolute Gasteiger partial charge is 0.497 e. The lowest BCUT2D eigenvalue weighted by Crippen LogP contribution is -2.38. The summed E-state index contributed by atoms with van der Waals surface area (Å²) in [4.78, 5) is 11.2. The number of carbonyl (C=O) groups excluding carboxylic acids is 1. The van der Waals surface area contributed by atoms with Crippen molar-refractivity contribution in [3.8, 4) is 5.75 Å². The summed E-state index contributed by atoms with van der Waals surface area (Å²) in [6, 6.07) is 6.28. The van der Waals surface area contributed by atoms with Crippen molar-refractivity contribution in [2.75, 3.05) is 14.2 Å². The third-order valence-electron chi connectivity index (χ3n) is 3.15. The number of hydrogen-bond acceptors (Lipinski definition) is 3. The number of nitrogens with one attached hydrogen (secondary N) is 1. The van der Waals surface area contributed by atoms with Crippen LogP contribution in [0, 0.1) is 0 Å². The van der Waals surface area contributed by atoms with Crippen molar-refractivity contribution in [2.24, 2.45) is 0 Å². The van der Waals surface area contributed by atoms with Crippen LogP contribution in [0.3, 0.4) is 0 Å². The van der Waals surface area contributed by atoms with Crippen LogP contribution >= 0.6 is 0 Å². The molecule has 1 aromatic carbocycles. The fraction of sp³-hybridized carbons (Fsp3) is 0.462. The molecule has 0 radical (unpaired) electrons. The number of benzene rings is 1. The molecule has 0 aliphatic heterocycles. The Balaban J connectivity index is 2.08. The number of fused-ring (bicyclic) bond motifs is 1. The van der Waals surface area contributed by atoms with Crippen molar-refractivity contribution in [3.63, 3.8) is 0 Å². The van der Waals surface area contributed by atoms with E-state index < -0.39 is 0 Å². The Hall–Kier alpha value is -1.71. The maximum Gasteiger partial charge on any atom is 0.407 e.